The maximum atomic E-state index is 13.0. The Bertz CT molecular complexity index is 787. The SMILES string of the molecule is Cc1onc(-c2ccccc2Cl)c1C(=O)N1CCCC[C@H]1C(=O)O. The van der Waals surface area contributed by atoms with Crippen LogP contribution in [-0.2, 0) is 4.79 Å². The molecule has 1 atom stereocenters. The van der Waals surface area contributed by atoms with E-state index in [0.717, 1.165) is 12.8 Å². The highest BCUT2D eigenvalue weighted by Crippen LogP contribution is 2.32. The minimum atomic E-state index is -0.989. The number of likely N-dealkylation sites (tertiary alicyclic amines) is 1. The van der Waals surface area contributed by atoms with Crippen LogP contribution in [0.2, 0.25) is 5.02 Å². The fraction of sp³-hybridized carbons (Fsp3) is 0.353. The number of carboxylic acids is 1. The summed E-state index contributed by atoms with van der Waals surface area (Å²) in [6.45, 7) is 2.04. The molecule has 1 aromatic heterocycles. The number of carbonyl (C=O) groups excluding carboxylic acids is 1. The number of aliphatic carboxylic acids is 1. The van der Waals surface area contributed by atoms with Gasteiger partial charge in [0.25, 0.3) is 5.91 Å². The van der Waals surface area contributed by atoms with Crippen LogP contribution in [0.15, 0.2) is 28.8 Å². The molecule has 2 aromatic rings. The maximum absolute atomic E-state index is 13.0. The third-order valence-electron chi connectivity index (χ3n) is 4.25. The highest BCUT2D eigenvalue weighted by molar-refractivity contribution is 6.33. The van der Waals surface area contributed by atoms with Crippen LogP contribution in [0.5, 0.6) is 0 Å². The molecule has 0 saturated carbocycles. The largest absolute Gasteiger partial charge is 0.480 e. The molecule has 1 aliphatic heterocycles. The number of carbonyl (C=O) groups is 2. The number of hydrogen-bond acceptors (Lipinski definition) is 4. The summed E-state index contributed by atoms with van der Waals surface area (Å²) in [6.07, 6.45) is 2.02. The van der Waals surface area contributed by atoms with Gasteiger partial charge in [-0.3, -0.25) is 4.79 Å². The van der Waals surface area contributed by atoms with Crippen LogP contribution in [0.1, 0.15) is 35.4 Å². The number of carboxylic acid groups (broad SMARTS) is 1. The zero-order chi connectivity index (χ0) is 17.3. The number of hydrogen-bond donors (Lipinski definition) is 1. The number of aryl methyl sites for hydroxylation is 1. The summed E-state index contributed by atoms with van der Waals surface area (Å²) < 4.78 is 5.21. The number of benzene rings is 1. The molecule has 1 saturated heterocycles. The highest BCUT2D eigenvalue weighted by Gasteiger charge is 2.35. The minimum absolute atomic E-state index is 0.274. The summed E-state index contributed by atoms with van der Waals surface area (Å²) >= 11 is 6.21. The summed E-state index contributed by atoms with van der Waals surface area (Å²) in [5.41, 5.74) is 1.21. The predicted octanol–water partition coefficient (Wildman–Crippen LogP) is 3.38. The standard InChI is InChI=1S/C17H17ClN2O4/c1-10-14(15(19-24-10)11-6-2-3-7-12(11)18)16(21)20-9-5-4-8-13(20)17(22)23/h2-3,6-7,13H,4-5,8-9H2,1H3,(H,22,23)/t13-/m0/s1. The van der Waals surface area contributed by atoms with E-state index in [2.05, 4.69) is 5.16 Å². The molecule has 0 radical (unpaired) electrons. The summed E-state index contributed by atoms with van der Waals surface area (Å²) in [7, 11) is 0. The Kier molecular flexibility index (Phi) is 4.57. The van der Waals surface area contributed by atoms with Gasteiger partial charge in [-0.2, -0.15) is 0 Å². The monoisotopic (exact) mass is 348 g/mol. The van der Waals surface area contributed by atoms with Crippen molar-refractivity contribution < 1.29 is 19.2 Å². The second-order valence-electron chi connectivity index (χ2n) is 5.79. The Morgan fingerprint density at radius 1 is 1.33 bits per heavy atom. The third kappa shape index (κ3) is 2.89. The Hall–Kier alpha value is -2.34. The third-order valence-corrected chi connectivity index (χ3v) is 4.58. The number of halogens is 1. The molecule has 126 valence electrons. The van der Waals surface area contributed by atoms with Gasteiger partial charge in [-0.25, -0.2) is 4.79 Å². The van der Waals surface area contributed by atoms with E-state index in [4.69, 9.17) is 16.1 Å². The normalized spacial score (nSPS) is 17.8. The molecule has 0 bridgehead atoms. The van der Waals surface area contributed by atoms with Gasteiger partial charge in [-0.1, -0.05) is 35.0 Å². The summed E-state index contributed by atoms with van der Waals surface area (Å²) in [5, 5.41) is 13.8. The molecule has 3 rings (SSSR count). The van der Waals surface area contributed by atoms with Crippen molar-refractivity contribution >= 4 is 23.5 Å². The quantitative estimate of drug-likeness (QED) is 0.919. The molecular formula is C17H17ClN2O4. The highest BCUT2D eigenvalue weighted by atomic mass is 35.5. The number of piperidine rings is 1. The molecule has 1 amide bonds. The first-order valence-electron chi connectivity index (χ1n) is 7.75. The first kappa shape index (κ1) is 16.5. The predicted molar refractivity (Wildman–Crippen MR) is 88.0 cm³/mol. The molecule has 7 heteroatoms. The molecule has 0 spiro atoms. The second-order valence-corrected chi connectivity index (χ2v) is 6.20. The van der Waals surface area contributed by atoms with Gasteiger partial charge in [0.15, 0.2) is 0 Å². The van der Waals surface area contributed by atoms with Gasteiger partial charge in [0.1, 0.15) is 23.1 Å². The molecule has 2 heterocycles. The molecule has 1 fully saturated rings. The molecule has 0 aliphatic carbocycles. The number of amides is 1. The lowest BCUT2D eigenvalue weighted by molar-refractivity contribution is -0.143. The molecular weight excluding hydrogens is 332 g/mol. The summed E-state index contributed by atoms with van der Waals surface area (Å²) in [5.74, 6) is -1.02. The van der Waals surface area contributed by atoms with Crippen molar-refractivity contribution in [2.45, 2.75) is 32.2 Å². The van der Waals surface area contributed by atoms with E-state index in [9.17, 15) is 14.7 Å². The van der Waals surface area contributed by atoms with Crippen LogP contribution in [0.4, 0.5) is 0 Å². The van der Waals surface area contributed by atoms with Crippen molar-refractivity contribution in [2.75, 3.05) is 6.54 Å². The Morgan fingerprint density at radius 3 is 2.79 bits per heavy atom. The molecule has 24 heavy (non-hydrogen) atoms. The van der Waals surface area contributed by atoms with Crippen LogP contribution in [0.25, 0.3) is 11.3 Å². The number of rotatable bonds is 3. The molecule has 1 N–H and O–H groups in total. The first-order valence-corrected chi connectivity index (χ1v) is 8.13. The van der Waals surface area contributed by atoms with E-state index in [1.807, 2.05) is 0 Å². The van der Waals surface area contributed by atoms with Gasteiger partial charge >= 0.3 is 5.97 Å². The summed E-state index contributed by atoms with van der Waals surface area (Å²) in [4.78, 5) is 25.9. The van der Waals surface area contributed by atoms with Gasteiger partial charge in [0.05, 0.1) is 5.02 Å². The van der Waals surface area contributed by atoms with E-state index in [1.54, 1.807) is 31.2 Å². The smallest absolute Gasteiger partial charge is 0.326 e. The van der Waals surface area contributed by atoms with Crippen molar-refractivity contribution in [1.82, 2.24) is 10.1 Å². The van der Waals surface area contributed by atoms with E-state index in [-0.39, 0.29) is 11.5 Å². The van der Waals surface area contributed by atoms with E-state index >= 15 is 0 Å². The van der Waals surface area contributed by atoms with Gasteiger partial charge < -0.3 is 14.5 Å². The Balaban J connectivity index is 2.03. The van der Waals surface area contributed by atoms with Crippen molar-refractivity contribution in [3.63, 3.8) is 0 Å². The molecule has 1 aromatic carbocycles. The number of nitrogens with zero attached hydrogens (tertiary/aromatic N) is 2. The fourth-order valence-corrected chi connectivity index (χ4v) is 3.26. The maximum Gasteiger partial charge on any atom is 0.326 e. The first-order chi connectivity index (χ1) is 11.5. The lowest BCUT2D eigenvalue weighted by Crippen LogP contribution is -2.48. The van der Waals surface area contributed by atoms with E-state index in [1.165, 1.54) is 4.90 Å². The minimum Gasteiger partial charge on any atom is -0.480 e. The molecule has 0 unspecified atom stereocenters. The zero-order valence-electron chi connectivity index (χ0n) is 13.2. The average Bonchev–Trinajstić information content (AvgIpc) is 2.96. The van der Waals surface area contributed by atoms with Crippen molar-refractivity contribution in [3.8, 4) is 11.3 Å². The summed E-state index contributed by atoms with van der Waals surface area (Å²) in [6, 6.07) is 6.21. The van der Waals surface area contributed by atoms with Crippen LogP contribution >= 0.6 is 11.6 Å². The van der Waals surface area contributed by atoms with Crippen LogP contribution in [0.3, 0.4) is 0 Å². The van der Waals surface area contributed by atoms with Gasteiger partial charge in [0, 0.05) is 12.1 Å². The fourth-order valence-electron chi connectivity index (χ4n) is 3.04. The van der Waals surface area contributed by atoms with Crippen molar-refractivity contribution in [3.05, 3.63) is 40.6 Å². The van der Waals surface area contributed by atoms with Gasteiger partial charge in [0.2, 0.25) is 0 Å². The van der Waals surface area contributed by atoms with E-state index in [0.29, 0.717) is 35.0 Å². The Morgan fingerprint density at radius 2 is 2.08 bits per heavy atom. The lowest BCUT2D eigenvalue weighted by atomic mass is 9.99. The van der Waals surface area contributed by atoms with Gasteiger partial charge in [-0.05, 0) is 32.3 Å². The van der Waals surface area contributed by atoms with Crippen LogP contribution < -0.4 is 0 Å². The van der Waals surface area contributed by atoms with Crippen LogP contribution in [-0.4, -0.2) is 39.6 Å². The zero-order valence-corrected chi connectivity index (χ0v) is 13.9. The van der Waals surface area contributed by atoms with Crippen molar-refractivity contribution in [1.29, 1.82) is 0 Å². The molecule has 6 nitrogen and oxygen atoms in total. The van der Waals surface area contributed by atoms with Crippen LogP contribution in [0, 0.1) is 6.92 Å². The molecule has 1 aliphatic rings. The topological polar surface area (TPSA) is 83.6 Å². The lowest BCUT2D eigenvalue weighted by Gasteiger charge is -2.32. The average molecular weight is 349 g/mol. The Labute approximate surface area is 144 Å². The second kappa shape index (κ2) is 6.65. The van der Waals surface area contributed by atoms with E-state index < -0.39 is 12.0 Å². The number of aromatic nitrogens is 1. The van der Waals surface area contributed by atoms with Crippen molar-refractivity contribution in [2.24, 2.45) is 0 Å². The van der Waals surface area contributed by atoms with Gasteiger partial charge in [-0.15, -0.1) is 0 Å².